The molecule has 1 saturated heterocycles. The summed E-state index contributed by atoms with van der Waals surface area (Å²) >= 11 is 0. The summed E-state index contributed by atoms with van der Waals surface area (Å²) in [4.78, 5) is 31.3. The van der Waals surface area contributed by atoms with Gasteiger partial charge in [0.15, 0.2) is 5.65 Å². The zero-order valence-electron chi connectivity index (χ0n) is 15.6. The maximum Gasteiger partial charge on any atom is 0.343 e. The Balaban J connectivity index is 1.76. The summed E-state index contributed by atoms with van der Waals surface area (Å²) in [7, 11) is 1.54. The van der Waals surface area contributed by atoms with E-state index in [2.05, 4.69) is 10.1 Å². The summed E-state index contributed by atoms with van der Waals surface area (Å²) < 4.78 is 21.7. The minimum absolute atomic E-state index is 0.226. The Hall–Kier alpha value is -3.23. The summed E-state index contributed by atoms with van der Waals surface area (Å²) in [5.41, 5.74) is 0.839. The van der Waals surface area contributed by atoms with Gasteiger partial charge in [-0.2, -0.15) is 5.10 Å². The van der Waals surface area contributed by atoms with Gasteiger partial charge in [-0.25, -0.2) is 18.7 Å². The van der Waals surface area contributed by atoms with E-state index in [0.717, 1.165) is 12.8 Å². The Morgan fingerprint density at radius 2 is 2.25 bits per heavy atom. The lowest BCUT2D eigenvalue weighted by Gasteiger charge is -2.26. The Labute approximate surface area is 160 Å². The van der Waals surface area contributed by atoms with Crippen LogP contribution in [-0.2, 0) is 11.8 Å². The lowest BCUT2D eigenvalue weighted by molar-refractivity contribution is 0.0528. The van der Waals surface area contributed by atoms with Crippen LogP contribution in [0.1, 0.15) is 41.7 Å². The molecular weight excluding hydrogens is 365 g/mol. The molecule has 4 heterocycles. The number of nitrogens with zero attached hydrogens (tertiary/aromatic N) is 5. The summed E-state index contributed by atoms with van der Waals surface area (Å²) in [6.07, 6.45) is 5.87. The first-order chi connectivity index (χ1) is 13.5. The third kappa shape index (κ3) is 3.02. The molecule has 3 aromatic heterocycles. The topological polar surface area (TPSA) is 81.7 Å². The van der Waals surface area contributed by atoms with Gasteiger partial charge in [0, 0.05) is 31.5 Å². The number of anilines is 1. The molecule has 146 valence electrons. The lowest BCUT2D eigenvalue weighted by Crippen LogP contribution is -2.31. The van der Waals surface area contributed by atoms with Crippen molar-refractivity contribution >= 4 is 17.4 Å². The van der Waals surface area contributed by atoms with Gasteiger partial charge in [0.2, 0.25) is 0 Å². The van der Waals surface area contributed by atoms with Crippen LogP contribution in [-0.4, -0.2) is 38.3 Å². The van der Waals surface area contributed by atoms with Crippen LogP contribution in [0.25, 0.3) is 5.65 Å². The number of carbonyl (C=O) groups excluding carboxylic acids is 1. The highest BCUT2D eigenvalue weighted by Crippen LogP contribution is 2.34. The minimum atomic E-state index is -0.487. The normalized spacial score (nSPS) is 16.7. The maximum absolute atomic E-state index is 13.9. The van der Waals surface area contributed by atoms with Crippen molar-refractivity contribution in [1.29, 1.82) is 0 Å². The predicted molar refractivity (Wildman–Crippen MR) is 99.9 cm³/mol. The van der Waals surface area contributed by atoms with E-state index in [-0.39, 0.29) is 23.8 Å². The molecule has 0 spiro atoms. The van der Waals surface area contributed by atoms with Gasteiger partial charge < -0.3 is 14.2 Å². The zero-order chi connectivity index (χ0) is 19.8. The van der Waals surface area contributed by atoms with Gasteiger partial charge in [0.05, 0.1) is 18.8 Å². The number of aromatic nitrogens is 4. The third-order valence-corrected chi connectivity index (χ3v) is 4.93. The average molecular weight is 385 g/mol. The van der Waals surface area contributed by atoms with E-state index >= 15 is 0 Å². The van der Waals surface area contributed by atoms with Crippen molar-refractivity contribution in [3.05, 3.63) is 58.0 Å². The van der Waals surface area contributed by atoms with Crippen molar-refractivity contribution in [2.75, 3.05) is 18.1 Å². The van der Waals surface area contributed by atoms with Crippen molar-refractivity contribution in [2.24, 2.45) is 7.05 Å². The monoisotopic (exact) mass is 385 g/mol. The average Bonchev–Trinajstić information content (AvgIpc) is 3.31. The molecule has 1 fully saturated rings. The summed E-state index contributed by atoms with van der Waals surface area (Å²) in [5, 5.41) is 4.14. The van der Waals surface area contributed by atoms with Crippen molar-refractivity contribution in [1.82, 2.24) is 19.2 Å². The van der Waals surface area contributed by atoms with Crippen molar-refractivity contribution in [3.8, 4) is 0 Å². The molecule has 4 rings (SSSR count). The number of carbonyl (C=O) groups is 1. The lowest BCUT2D eigenvalue weighted by atomic mass is 10.1. The molecule has 1 aliphatic heterocycles. The van der Waals surface area contributed by atoms with E-state index in [9.17, 15) is 14.0 Å². The molecule has 1 atom stereocenters. The van der Waals surface area contributed by atoms with Crippen LogP contribution in [0.5, 0.6) is 0 Å². The fourth-order valence-corrected chi connectivity index (χ4v) is 3.67. The number of aryl methyl sites for hydroxylation is 1. The molecule has 0 unspecified atom stereocenters. The van der Waals surface area contributed by atoms with Gasteiger partial charge in [-0.15, -0.1) is 0 Å². The second kappa shape index (κ2) is 7.06. The molecule has 28 heavy (non-hydrogen) atoms. The van der Waals surface area contributed by atoms with Crippen LogP contribution in [0.15, 0.2) is 35.5 Å². The van der Waals surface area contributed by atoms with Crippen LogP contribution in [0.3, 0.4) is 0 Å². The largest absolute Gasteiger partial charge is 0.462 e. The number of rotatable bonds is 4. The summed E-state index contributed by atoms with van der Waals surface area (Å²) in [5.74, 6) is -0.334. The highest BCUT2D eigenvalue weighted by Gasteiger charge is 2.30. The van der Waals surface area contributed by atoms with Crippen LogP contribution in [0, 0.1) is 5.82 Å². The number of ether oxygens (including phenoxy) is 1. The number of hydrogen-bond acceptors (Lipinski definition) is 6. The summed E-state index contributed by atoms with van der Waals surface area (Å²) in [6, 6.07) is 2.79. The molecule has 0 aliphatic carbocycles. The minimum Gasteiger partial charge on any atom is -0.462 e. The van der Waals surface area contributed by atoms with Gasteiger partial charge in [-0.1, -0.05) is 0 Å². The molecule has 3 aromatic rings. The fourth-order valence-electron chi connectivity index (χ4n) is 3.67. The molecule has 0 aromatic carbocycles. The number of hydrogen-bond donors (Lipinski definition) is 0. The SMILES string of the molecule is CCOC(=O)c1cnn2ccc(N3CCC[C@@H]3c3cc(F)cn(C)c3=O)nc12. The van der Waals surface area contributed by atoms with Crippen LogP contribution < -0.4 is 10.5 Å². The van der Waals surface area contributed by atoms with Gasteiger partial charge >= 0.3 is 5.97 Å². The molecule has 0 saturated carbocycles. The Kier molecular flexibility index (Phi) is 4.58. The van der Waals surface area contributed by atoms with Crippen LogP contribution in [0.2, 0.25) is 0 Å². The number of pyridine rings is 1. The van der Waals surface area contributed by atoms with Crippen LogP contribution in [0.4, 0.5) is 10.2 Å². The Bertz CT molecular complexity index is 1110. The quantitative estimate of drug-likeness (QED) is 0.640. The first-order valence-corrected chi connectivity index (χ1v) is 9.14. The number of halogens is 1. The second-order valence-corrected chi connectivity index (χ2v) is 6.71. The highest BCUT2D eigenvalue weighted by molar-refractivity contribution is 5.95. The Morgan fingerprint density at radius 3 is 3.04 bits per heavy atom. The molecule has 8 nitrogen and oxygen atoms in total. The van der Waals surface area contributed by atoms with E-state index in [1.165, 1.54) is 34.6 Å². The second-order valence-electron chi connectivity index (χ2n) is 6.71. The van der Waals surface area contributed by atoms with E-state index in [1.807, 2.05) is 4.90 Å². The van der Waals surface area contributed by atoms with E-state index < -0.39 is 11.8 Å². The first kappa shape index (κ1) is 18.1. The van der Waals surface area contributed by atoms with E-state index in [0.29, 0.717) is 23.6 Å². The molecule has 0 amide bonds. The number of esters is 1. The zero-order valence-corrected chi connectivity index (χ0v) is 15.6. The maximum atomic E-state index is 13.9. The van der Waals surface area contributed by atoms with Gasteiger partial charge in [0.1, 0.15) is 17.2 Å². The molecule has 0 radical (unpaired) electrons. The fraction of sp³-hybridized carbons (Fsp3) is 0.368. The molecule has 1 aliphatic rings. The van der Waals surface area contributed by atoms with Crippen molar-refractivity contribution < 1.29 is 13.9 Å². The molecule has 9 heteroatoms. The molecule has 0 bridgehead atoms. The van der Waals surface area contributed by atoms with Crippen LogP contribution >= 0.6 is 0 Å². The molecule has 0 N–H and O–H groups in total. The standard InChI is InChI=1S/C19H20FN5O3/c1-3-28-19(27)14-10-21-25-8-6-16(22-17(14)25)24-7-4-5-15(24)13-9-12(20)11-23(2)18(13)26/h6,8-11,15H,3-5,7H2,1-2H3/t15-/m1/s1. The smallest absolute Gasteiger partial charge is 0.343 e. The van der Waals surface area contributed by atoms with Gasteiger partial charge in [-0.3, -0.25) is 4.79 Å². The number of fused-ring (bicyclic) bond motifs is 1. The van der Waals surface area contributed by atoms with E-state index in [4.69, 9.17) is 4.74 Å². The van der Waals surface area contributed by atoms with Crippen molar-refractivity contribution in [3.63, 3.8) is 0 Å². The van der Waals surface area contributed by atoms with E-state index in [1.54, 1.807) is 19.2 Å². The highest BCUT2D eigenvalue weighted by atomic mass is 19.1. The van der Waals surface area contributed by atoms with Crippen molar-refractivity contribution in [2.45, 2.75) is 25.8 Å². The molecular formula is C19H20FN5O3. The summed E-state index contributed by atoms with van der Waals surface area (Å²) in [6.45, 7) is 2.67. The van der Waals surface area contributed by atoms with Gasteiger partial charge in [0.25, 0.3) is 5.56 Å². The predicted octanol–water partition coefficient (Wildman–Crippen LogP) is 2.09. The first-order valence-electron chi connectivity index (χ1n) is 9.14. The van der Waals surface area contributed by atoms with Gasteiger partial charge in [-0.05, 0) is 31.9 Å². The third-order valence-electron chi connectivity index (χ3n) is 4.93. The Morgan fingerprint density at radius 1 is 1.43 bits per heavy atom.